The van der Waals surface area contributed by atoms with Crippen LogP contribution in [-0.2, 0) is 17.6 Å². The van der Waals surface area contributed by atoms with E-state index in [2.05, 4.69) is 34.7 Å². The van der Waals surface area contributed by atoms with Gasteiger partial charge in [0, 0.05) is 25.2 Å². The van der Waals surface area contributed by atoms with Gasteiger partial charge in [-0.15, -0.1) is 0 Å². The monoisotopic (exact) mass is 261 g/mol. The van der Waals surface area contributed by atoms with Crippen molar-refractivity contribution in [2.24, 2.45) is 5.73 Å². The molecule has 0 saturated carbocycles. The molecule has 1 aromatic rings. The molecule has 0 radical (unpaired) electrons. The lowest BCUT2D eigenvalue weighted by atomic mass is 9.78. The van der Waals surface area contributed by atoms with E-state index in [9.17, 15) is 0 Å². The summed E-state index contributed by atoms with van der Waals surface area (Å²) in [6.45, 7) is 4.19. The molecule has 1 unspecified atom stereocenters. The summed E-state index contributed by atoms with van der Waals surface area (Å²) < 4.78 is 5.40. The second kappa shape index (κ2) is 5.59. The highest BCUT2D eigenvalue weighted by molar-refractivity contribution is 5.32. The number of nitrogens with two attached hydrogens (primary N) is 1. The summed E-state index contributed by atoms with van der Waals surface area (Å²) in [5.74, 6) is 0. The van der Waals surface area contributed by atoms with Crippen molar-refractivity contribution >= 4 is 0 Å². The molecule has 3 N–H and O–H groups in total. The van der Waals surface area contributed by atoms with Gasteiger partial charge in [-0.1, -0.05) is 24.3 Å². The van der Waals surface area contributed by atoms with Crippen LogP contribution in [0.2, 0.25) is 0 Å². The van der Waals surface area contributed by atoms with Gasteiger partial charge in [0.25, 0.3) is 0 Å². The Morgan fingerprint density at radius 2 is 1.95 bits per heavy atom. The average Bonchev–Trinajstić information content (AvgIpc) is 2.48. The van der Waals surface area contributed by atoms with Gasteiger partial charge in [-0.25, -0.2) is 10.4 Å². The van der Waals surface area contributed by atoms with E-state index in [4.69, 9.17) is 10.5 Å². The van der Waals surface area contributed by atoms with Gasteiger partial charge in [-0.3, -0.25) is 0 Å². The Labute approximate surface area is 114 Å². The minimum absolute atomic E-state index is 0.0195. The molecule has 4 heteroatoms. The zero-order chi connectivity index (χ0) is 13.1. The summed E-state index contributed by atoms with van der Waals surface area (Å²) in [5, 5.41) is 2.28. The molecule has 0 spiro atoms. The Hall–Kier alpha value is -0.940. The third-order valence-electron chi connectivity index (χ3n) is 4.32. The maximum Gasteiger partial charge on any atom is 0.0608 e. The fourth-order valence-corrected chi connectivity index (χ4v) is 3.13. The first-order chi connectivity index (χ1) is 9.31. The molecular formula is C15H23N3O. The Kier molecular flexibility index (Phi) is 3.84. The summed E-state index contributed by atoms with van der Waals surface area (Å²) in [6, 6.07) is 8.73. The van der Waals surface area contributed by atoms with Crippen LogP contribution in [0.1, 0.15) is 17.5 Å². The summed E-state index contributed by atoms with van der Waals surface area (Å²) in [5.41, 5.74) is 12.7. The first kappa shape index (κ1) is 13.1. The van der Waals surface area contributed by atoms with Crippen LogP contribution in [0.15, 0.2) is 24.3 Å². The highest BCUT2D eigenvalue weighted by Gasteiger charge is 2.34. The Morgan fingerprint density at radius 1 is 1.21 bits per heavy atom. The van der Waals surface area contributed by atoms with E-state index >= 15 is 0 Å². The molecule has 1 heterocycles. The van der Waals surface area contributed by atoms with E-state index in [0.29, 0.717) is 6.54 Å². The Balaban J connectivity index is 1.73. The minimum atomic E-state index is 0.0195. The zero-order valence-electron chi connectivity index (χ0n) is 11.4. The Bertz CT molecular complexity index is 431. The molecule has 104 valence electrons. The van der Waals surface area contributed by atoms with Crippen molar-refractivity contribution < 1.29 is 4.74 Å². The predicted octanol–water partition coefficient (Wildman–Crippen LogP) is 0.710. The topological polar surface area (TPSA) is 50.5 Å². The fraction of sp³-hybridized carbons (Fsp3) is 0.600. The van der Waals surface area contributed by atoms with Crippen LogP contribution in [-0.4, -0.2) is 43.4 Å². The minimum Gasteiger partial charge on any atom is -0.379 e. The van der Waals surface area contributed by atoms with Crippen molar-refractivity contribution in [1.29, 1.82) is 0 Å². The molecule has 0 bridgehead atoms. The van der Waals surface area contributed by atoms with Gasteiger partial charge in [0.05, 0.1) is 13.2 Å². The molecule has 1 saturated heterocycles. The van der Waals surface area contributed by atoms with Crippen molar-refractivity contribution in [3.05, 3.63) is 35.4 Å². The molecule has 0 amide bonds. The third kappa shape index (κ3) is 2.82. The number of hydrazine groups is 1. The smallest absolute Gasteiger partial charge is 0.0608 e. The molecule has 1 fully saturated rings. The second-order valence-corrected chi connectivity index (χ2v) is 5.64. The first-order valence-electron chi connectivity index (χ1n) is 7.19. The third-order valence-corrected chi connectivity index (χ3v) is 4.32. The van der Waals surface area contributed by atoms with E-state index in [1.54, 1.807) is 0 Å². The van der Waals surface area contributed by atoms with Crippen molar-refractivity contribution in [2.45, 2.75) is 24.8 Å². The van der Waals surface area contributed by atoms with Crippen LogP contribution in [0.5, 0.6) is 0 Å². The maximum atomic E-state index is 6.09. The van der Waals surface area contributed by atoms with Crippen LogP contribution < -0.4 is 11.2 Å². The first-order valence-corrected chi connectivity index (χ1v) is 7.19. The number of benzene rings is 1. The largest absolute Gasteiger partial charge is 0.379 e. The van der Waals surface area contributed by atoms with Crippen molar-refractivity contribution in [3.8, 4) is 0 Å². The number of nitrogens with zero attached hydrogens (tertiary/aromatic N) is 1. The molecule has 1 aliphatic carbocycles. The van der Waals surface area contributed by atoms with Gasteiger partial charge in [0.1, 0.15) is 0 Å². The van der Waals surface area contributed by atoms with E-state index in [-0.39, 0.29) is 5.54 Å². The number of morpholine rings is 1. The number of aryl methyl sites for hydroxylation is 1. The van der Waals surface area contributed by atoms with Crippen LogP contribution in [0.4, 0.5) is 0 Å². The number of fused-ring (bicyclic) bond motifs is 1. The predicted molar refractivity (Wildman–Crippen MR) is 75.8 cm³/mol. The normalized spacial score (nSPS) is 28.1. The van der Waals surface area contributed by atoms with Gasteiger partial charge >= 0.3 is 0 Å². The number of ether oxygens (including phenoxy) is 1. The van der Waals surface area contributed by atoms with Gasteiger partial charge < -0.3 is 10.5 Å². The van der Waals surface area contributed by atoms with Crippen LogP contribution in [0.3, 0.4) is 0 Å². The molecule has 0 aromatic heterocycles. The standard InChI is InChI=1S/C15H23N3O/c16-12-15(17-18-7-9-19-10-8-18)6-5-13-3-1-2-4-14(13)11-15/h1-4,17H,5-12,16H2. The molecule has 3 rings (SSSR count). The lowest BCUT2D eigenvalue weighted by Gasteiger charge is -2.43. The highest BCUT2D eigenvalue weighted by atomic mass is 16.5. The second-order valence-electron chi connectivity index (χ2n) is 5.64. The zero-order valence-corrected chi connectivity index (χ0v) is 11.4. The lowest BCUT2D eigenvalue weighted by molar-refractivity contribution is -0.0142. The van der Waals surface area contributed by atoms with Crippen molar-refractivity contribution in [3.63, 3.8) is 0 Å². The molecule has 4 nitrogen and oxygen atoms in total. The quantitative estimate of drug-likeness (QED) is 0.841. The molecular weight excluding hydrogens is 238 g/mol. The number of hydrogen-bond donors (Lipinski definition) is 2. The number of nitrogens with one attached hydrogen (secondary N) is 1. The van der Waals surface area contributed by atoms with Gasteiger partial charge in [0.2, 0.25) is 0 Å². The van der Waals surface area contributed by atoms with Crippen molar-refractivity contribution in [1.82, 2.24) is 10.4 Å². The van der Waals surface area contributed by atoms with E-state index in [0.717, 1.165) is 45.6 Å². The SMILES string of the molecule is NCC1(NN2CCOCC2)CCc2ccccc2C1. The summed E-state index contributed by atoms with van der Waals surface area (Å²) >= 11 is 0. The fourth-order valence-electron chi connectivity index (χ4n) is 3.13. The van der Waals surface area contributed by atoms with Crippen molar-refractivity contribution in [2.75, 3.05) is 32.8 Å². The van der Waals surface area contributed by atoms with Crippen LogP contribution >= 0.6 is 0 Å². The number of rotatable bonds is 3. The summed E-state index contributed by atoms with van der Waals surface area (Å²) in [4.78, 5) is 0. The maximum absolute atomic E-state index is 6.09. The van der Waals surface area contributed by atoms with Crippen LogP contribution in [0, 0.1) is 0 Å². The average molecular weight is 261 g/mol. The highest BCUT2D eigenvalue weighted by Crippen LogP contribution is 2.28. The number of hydrogen-bond acceptors (Lipinski definition) is 4. The Morgan fingerprint density at radius 3 is 2.68 bits per heavy atom. The van der Waals surface area contributed by atoms with Gasteiger partial charge in [0.15, 0.2) is 0 Å². The van der Waals surface area contributed by atoms with Crippen LogP contribution in [0.25, 0.3) is 0 Å². The van der Waals surface area contributed by atoms with Gasteiger partial charge in [-0.2, -0.15) is 0 Å². The molecule has 1 aromatic carbocycles. The summed E-state index contributed by atoms with van der Waals surface area (Å²) in [7, 11) is 0. The lowest BCUT2D eigenvalue weighted by Crippen LogP contribution is -2.62. The van der Waals surface area contributed by atoms with E-state index in [1.165, 1.54) is 11.1 Å². The molecule has 1 atom stereocenters. The van der Waals surface area contributed by atoms with E-state index in [1.807, 2.05) is 0 Å². The summed E-state index contributed by atoms with van der Waals surface area (Å²) in [6.07, 6.45) is 3.25. The molecule has 2 aliphatic rings. The van der Waals surface area contributed by atoms with Gasteiger partial charge in [-0.05, 0) is 30.4 Å². The molecule has 19 heavy (non-hydrogen) atoms. The molecule has 1 aliphatic heterocycles. The van der Waals surface area contributed by atoms with E-state index < -0.39 is 0 Å².